The van der Waals surface area contributed by atoms with Crippen LogP contribution in [0.25, 0.3) is 0 Å². The molecule has 0 saturated carbocycles. The number of alkyl halides is 3. The van der Waals surface area contributed by atoms with Crippen LogP contribution in [0.4, 0.5) is 19.0 Å². The molecule has 3 nitrogen and oxygen atoms in total. The minimum atomic E-state index is -4.24. The maximum Gasteiger partial charge on any atom is 0.410 e. The van der Waals surface area contributed by atoms with E-state index in [-0.39, 0.29) is 6.42 Å². The van der Waals surface area contributed by atoms with Gasteiger partial charge in [0.05, 0.1) is 10.2 Å². The molecule has 0 fully saturated rings. The van der Waals surface area contributed by atoms with Crippen LogP contribution >= 0.6 is 15.9 Å². The van der Waals surface area contributed by atoms with Gasteiger partial charge in [0, 0.05) is 6.54 Å². The highest BCUT2D eigenvalue weighted by Crippen LogP contribution is 2.40. The molecule has 1 aromatic rings. The Morgan fingerprint density at radius 2 is 2.20 bits per heavy atom. The summed E-state index contributed by atoms with van der Waals surface area (Å²) in [6, 6.07) is -1.52. The number of aryl methyl sites for hydroxylation is 1. The van der Waals surface area contributed by atoms with Crippen LogP contribution in [0.1, 0.15) is 18.2 Å². The third-order valence-corrected chi connectivity index (χ3v) is 3.35. The van der Waals surface area contributed by atoms with Crippen molar-refractivity contribution in [2.45, 2.75) is 25.6 Å². The van der Waals surface area contributed by atoms with Crippen molar-refractivity contribution in [2.75, 3.05) is 11.9 Å². The number of anilines is 1. The molecule has 0 saturated heterocycles. The van der Waals surface area contributed by atoms with Crippen molar-refractivity contribution in [1.29, 1.82) is 0 Å². The van der Waals surface area contributed by atoms with Crippen molar-refractivity contribution in [2.24, 2.45) is 0 Å². The van der Waals surface area contributed by atoms with E-state index in [0.717, 1.165) is 4.68 Å². The fraction of sp³-hybridized carbons (Fsp3) is 0.625. The Hall–Kier alpha value is -0.720. The largest absolute Gasteiger partial charge is 0.410 e. The minimum absolute atomic E-state index is 0.0179. The fourth-order valence-electron chi connectivity index (χ4n) is 1.66. The average molecular weight is 284 g/mol. The van der Waals surface area contributed by atoms with Gasteiger partial charge in [-0.1, -0.05) is 0 Å². The zero-order valence-electron chi connectivity index (χ0n) is 7.90. The van der Waals surface area contributed by atoms with Gasteiger partial charge in [0.15, 0.2) is 6.04 Å². The van der Waals surface area contributed by atoms with Gasteiger partial charge < -0.3 is 5.32 Å². The first-order valence-electron chi connectivity index (χ1n) is 4.46. The number of hydrogen-bond acceptors (Lipinski definition) is 2. The van der Waals surface area contributed by atoms with E-state index < -0.39 is 12.2 Å². The summed E-state index contributed by atoms with van der Waals surface area (Å²) >= 11 is 3.22. The minimum Gasteiger partial charge on any atom is -0.369 e. The monoisotopic (exact) mass is 283 g/mol. The third kappa shape index (κ3) is 1.73. The van der Waals surface area contributed by atoms with E-state index in [9.17, 15) is 13.2 Å². The molecule has 0 radical (unpaired) electrons. The van der Waals surface area contributed by atoms with E-state index in [1.807, 2.05) is 0 Å². The van der Waals surface area contributed by atoms with Gasteiger partial charge in [-0.05, 0) is 29.3 Å². The lowest BCUT2D eigenvalue weighted by Gasteiger charge is -2.27. The second-order valence-corrected chi connectivity index (χ2v) is 4.26. The predicted molar refractivity (Wildman–Crippen MR) is 52.9 cm³/mol. The van der Waals surface area contributed by atoms with Crippen molar-refractivity contribution < 1.29 is 13.2 Å². The highest BCUT2D eigenvalue weighted by molar-refractivity contribution is 9.10. The van der Waals surface area contributed by atoms with Gasteiger partial charge >= 0.3 is 6.18 Å². The number of halogens is 4. The Kier molecular flexibility index (Phi) is 2.44. The Balaban J connectivity index is 2.48. The zero-order valence-corrected chi connectivity index (χ0v) is 9.48. The topological polar surface area (TPSA) is 29.9 Å². The van der Waals surface area contributed by atoms with Gasteiger partial charge in [-0.3, -0.25) is 0 Å². The molecule has 1 aromatic heterocycles. The lowest BCUT2D eigenvalue weighted by molar-refractivity contribution is -0.171. The average Bonchev–Trinajstić information content (AvgIpc) is 2.41. The van der Waals surface area contributed by atoms with Crippen LogP contribution < -0.4 is 5.32 Å². The summed E-state index contributed by atoms with van der Waals surface area (Å²) < 4.78 is 39.6. The van der Waals surface area contributed by atoms with Gasteiger partial charge in [0.25, 0.3) is 0 Å². The van der Waals surface area contributed by atoms with Crippen LogP contribution in [-0.4, -0.2) is 22.5 Å². The maximum atomic E-state index is 12.7. The first kappa shape index (κ1) is 10.8. The van der Waals surface area contributed by atoms with Gasteiger partial charge in [-0.2, -0.15) is 18.3 Å². The Morgan fingerprint density at radius 3 is 2.80 bits per heavy atom. The lowest BCUT2D eigenvalue weighted by atomic mass is 10.1. The maximum absolute atomic E-state index is 12.7. The molecule has 1 atom stereocenters. The molecule has 1 N–H and O–H groups in total. The zero-order chi connectivity index (χ0) is 11.2. The summed E-state index contributed by atoms with van der Waals surface area (Å²) in [5, 5.41) is 6.79. The number of nitrogens with zero attached hydrogens (tertiary/aromatic N) is 2. The van der Waals surface area contributed by atoms with Crippen LogP contribution in [-0.2, 0) is 0 Å². The molecule has 1 aliphatic rings. The molecule has 0 aromatic carbocycles. The molecule has 0 amide bonds. The van der Waals surface area contributed by atoms with E-state index in [0.29, 0.717) is 22.5 Å². The highest BCUT2D eigenvalue weighted by Gasteiger charge is 2.44. The molecule has 2 heterocycles. The van der Waals surface area contributed by atoms with Gasteiger partial charge in [-0.25, -0.2) is 4.68 Å². The molecule has 7 heteroatoms. The molecule has 0 spiro atoms. The van der Waals surface area contributed by atoms with E-state index in [4.69, 9.17) is 0 Å². The van der Waals surface area contributed by atoms with Crippen molar-refractivity contribution in [1.82, 2.24) is 9.78 Å². The van der Waals surface area contributed by atoms with Crippen LogP contribution in [0, 0.1) is 6.92 Å². The summed E-state index contributed by atoms with van der Waals surface area (Å²) in [5.41, 5.74) is 0.564. The van der Waals surface area contributed by atoms with Crippen LogP contribution in [0.3, 0.4) is 0 Å². The Bertz CT molecular complexity index is 385. The molecule has 15 heavy (non-hydrogen) atoms. The van der Waals surface area contributed by atoms with Crippen molar-refractivity contribution in [3.05, 3.63) is 10.2 Å². The number of aromatic nitrogens is 2. The van der Waals surface area contributed by atoms with E-state index in [2.05, 4.69) is 26.3 Å². The molecule has 1 aliphatic heterocycles. The second-order valence-electron chi connectivity index (χ2n) is 3.47. The first-order valence-corrected chi connectivity index (χ1v) is 5.25. The lowest BCUT2D eigenvalue weighted by Crippen LogP contribution is -2.34. The fourth-order valence-corrected chi connectivity index (χ4v) is 2.06. The first-order chi connectivity index (χ1) is 6.91. The van der Waals surface area contributed by atoms with Gasteiger partial charge in [0.1, 0.15) is 5.82 Å². The second kappa shape index (κ2) is 3.40. The molecular weight excluding hydrogens is 275 g/mol. The molecule has 84 valence electrons. The quantitative estimate of drug-likeness (QED) is 0.794. The third-order valence-electron chi connectivity index (χ3n) is 2.40. The molecule has 0 bridgehead atoms. The van der Waals surface area contributed by atoms with Crippen molar-refractivity contribution >= 4 is 21.7 Å². The summed E-state index contributed by atoms with van der Waals surface area (Å²) in [7, 11) is 0. The predicted octanol–water partition coefficient (Wildman–Crippen LogP) is 2.87. The Labute approximate surface area is 92.8 Å². The van der Waals surface area contributed by atoms with Crippen LogP contribution in [0.2, 0.25) is 0 Å². The summed E-state index contributed by atoms with van der Waals surface area (Å²) in [6.07, 6.45) is -4.22. The van der Waals surface area contributed by atoms with E-state index in [1.165, 1.54) is 0 Å². The van der Waals surface area contributed by atoms with Crippen molar-refractivity contribution in [3.63, 3.8) is 0 Å². The Morgan fingerprint density at radius 1 is 1.53 bits per heavy atom. The summed E-state index contributed by atoms with van der Waals surface area (Å²) in [6.45, 7) is 1.98. The smallest absolute Gasteiger partial charge is 0.369 e. The van der Waals surface area contributed by atoms with Gasteiger partial charge in [-0.15, -0.1) is 0 Å². The number of fused-ring (bicyclic) bond motifs is 1. The number of hydrogen-bond donors (Lipinski definition) is 1. The molecule has 2 rings (SSSR count). The molecule has 1 unspecified atom stereocenters. The SMILES string of the molecule is Cc1nn2c(c1Br)NCCC2C(F)(F)F. The summed E-state index contributed by atoms with van der Waals surface area (Å²) in [5.74, 6) is 0.418. The number of nitrogens with one attached hydrogen (secondary N) is 1. The summed E-state index contributed by atoms with van der Waals surface area (Å²) in [4.78, 5) is 0. The standard InChI is InChI=1S/C8H9BrF3N3/c1-4-6(9)7-13-3-2-5(8(10,11)12)15(7)14-4/h5,13H,2-3H2,1H3. The molecular formula is C8H9BrF3N3. The van der Waals surface area contributed by atoms with E-state index >= 15 is 0 Å². The van der Waals surface area contributed by atoms with Crippen LogP contribution in [0.15, 0.2) is 4.47 Å². The molecule has 0 aliphatic carbocycles. The van der Waals surface area contributed by atoms with Crippen LogP contribution in [0.5, 0.6) is 0 Å². The van der Waals surface area contributed by atoms with E-state index in [1.54, 1.807) is 6.92 Å². The highest BCUT2D eigenvalue weighted by atomic mass is 79.9. The number of rotatable bonds is 0. The van der Waals surface area contributed by atoms with Gasteiger partial charge in [0.2, 0.25) is 0 Å². The van der Waals surface area contributed by atoms with Crippen molar-refractivity contribution in [3.8, 4) is 0 Å². The normalized spacial score (nSPS) is 21.0.